The lowest BCUT2D eigenvalue weighted by Gasteiger charge is -2.17. The first-order valence-electron chi connectivity index (χ1n) is 7.38. The van der Waals surface area contributed by atoms with Crippen molar-refractivity contribution in [2.75, 3.05) is 6.54 Å². The summed E-state index contributed by atoms with van der Waals surface area (Å²) in [4.78, 5) is 66.4. The Balaban J connectivity index is 4.47. The molecule has 140 valence electrons. The quantitative estimate of drug-likeness (QED) is 0.249. The van der Waals surface area contributed by atoms with Crippen LogP contribution in [-0.4, -0.2) is 64.8 Å². The number of aliphatic carboxylic acids is 2. The third-order valence-electron chi connectivity index (χ3n) is 2.94. The van der Waals surface area contributed by atoms with E-state index in [1.807, 2.05) is 0 Å². The molecule has 0 bridgehead atoms. The fourth-order valence-electron chi connectivity index (χ4n) is 1.78. The van der Waals surface area contributed by atoms with Gasteiger partial charge in [0, 0.05) is 19.8 Å². The Hall–Kier alpha value is -2.98. The summed E-state index contributed by atoms with van der Waals surface area (Å²) in [5.41, 5.74) is 0. The van der Waals surface area contributed by atoms with Gasteiger partial charge in [-0.3, -0.25) is 24.0 Å². The van der Waals surface area contributed by atoms with E-state index >= 15 is 0 Å². The zero-order valence-corrected chi connectivity index (χ0v) is 13.6. The number of carbonyl (C=O) groups excluding carboxylic acids is 4. The number of hydrogen-bond donors (Lipinski definition) is 5. The standard InChI is InChI=1S/C14H21N3O8/c1-8(19)16-10(3-5-13(23)24)14(25)15-6-11(20)17-9(7-18)2-4-12(21)22/h7,9-10H,2-6H2,1H3,(H,15,25)(H,16,19)(H,17,20)(H,21,22)(H,23,24). The van der Waals surface area contributed by atoms with Crippen LogP contribution in [0.3, 0.4) is 0 Å². The number of rotatable bonds is 12. The maximum absolute atomic E-state index is 11.9. The summed E-state index contributed by atoms with van der Waals surface area (Å²) in [6, 6.07) is -2.12. The van der Waals surface area contributed by atoms with Gasteiger partial charge in [-0.15, -0.1) is 0 Å². The van der Waals surface area contributed by atoms with Crippen LogP contribution in [0.2, 0.25) is 0 Å². The second kappa shape index (κ2) is 11.5. The van der Waals surface area contributed by atoms with Crippen molar-refractivity contribution in [2.24, 2.45) is 0 Å². The molecule has 2 unspecified atom stereocenters. The molecule has 0 radical (unpaired) electrons. The summed E-state index contributed by atoms with van der Waals surface area (Å²) in [7, 11) is 0. The first-order chi connectivity index (χ1) is 11.6. The smallest absolute Gasteiger partial charge is 0.303 e. The third-order valence-corrected chi connectivity index (χ3v) is 2.94. The van der Waals surface area contributed by atoms with Crippen molar-refractivity contribution < 1.29 is 39.0 Å². The number of carbonyl (C=O) groups is 6. The van der Waals surface area contributed by atoms with Crippen molar-refractivity contribution >= 4 is 35.9 Å². The average molecular weight is 359 g/mol. The molecule has 0 aliphatic rings. The SMILES string of the molecule is CC(=O)NC(CCC(=O)O)C(=O)NCC(=O)NC(C=O)CCC(=O)O. The molecule has 0 saturated carbocycles. The minimum Gasteiger partial charge on any atom is -0.481 e. The third kappa shape index (κ3) is 11.2. The second-order valence-corrected chi connectivity index (χ2v) is 5.15. The van der Waals surface area contributed by atoms with Crippen LogP contribution < -0.4 is 16.0 Å². The molecule has 0 aliphatic carbocycles. The van der Waals surface area contributed by atoms with Crippen LogP contribution >= 0.6 is 0 Å². The van der Waals surface area contributed by atoms with E-state index < -0.39 is 48.3 Å². The van der Waals surface area contributed by atoms with Gasteiger partial charge in [-0.25, -0.2) is 0 Å². The molecule has 11 nitrogen and oxygen atoms in total. The van der Waals surface area contributed by atoms with Crippen LogP contribution in [0.5, 0.6) is 0 Å². The highest BCUT2D eigenvalue weighted by atomic mass is 16.4. The largest absolute Gasteiger partial charge is 0.481 e. The van der Waals surface area contributed by atoms with Crippen LogP contribution in [0, 0.1) is 0 Å². The van der Waals surface area contributed by atoms with Gasteiger partial charge in [0.1, 0.15) is 12.3 Å². The Bertz CT molecular complexity index is 534. The minimum atomic E-state index is -1.15. The van der Waals surface area contributed by atoms with Crippen LogP contribution in [0.15, 0.2) is 0 Å². The van der Waals surface area contributed by atoms with E-state index in [0.29, 0.717) is 6.29 Å². The van der Waals surface area contributed by atoms with Gasteiger partial charge in [0.05, 0.1) is 12.6 Å². The van der Waals surface area contributed by atoms with Gasteiger partial charge in [-0.2, -0.15) is 0 Å². The number of nitrogens with one attached hydrogen (secondary N) is 3. The monoisotopic (exact) mass is 359 g/mol. The van der Waals surface area contributed by atoms with Crippen molar-refractivity contribution in [1.82, 2.24) is 16.0 Å². The van der Waals surface area contributed by atoms with Crippen LogP contribution in [-0.2, 0) is 28.8 Å². The van der Waals surface area contributed by atoms with Crippen molar-refractivity contribution in [2.45, 2.75) is 44.7 Å². The average Bonchev–Trinajstić information content (AvgIpc) is 2.52. The van der Waals surface area contributed by atoms with Crippen molar-refractivity contribution in [1.29, 1.82) is 0 Å². The maximum atomic E-state index is 11.9. The molecule has 0 rings (SSSR count). The molecule has 5 N–H and O–H groups in total. The molecule has 0 aliphatic heterocycles. The van der Waals surface area contributed by atoms with Crippen LogP contribution in [0.1, 0.15) is 32.6 Å². The molecule has 3 amide bonds. The van der Waals surface area contributed by atoms with Gasteiger partial charge in [0.25, 0.3) is 0 Å². The Kier molecular flexibility index (Phi) is 10.2. The zero-order chi connectivity index (χ0) is 19.4. The number of carboxylic acid groups (broad SMARTS) is 2. The van der Waals surface area contributed by atoms with E-state index in [4.69, 9.17) is 10.2 Å². The lowest BCUT2D eigenvalue weighted by Crippen LogP contribution is -2.49. The lowest BCUT2D eigenvalue weighted by atomic mass is 10.1. The molecule has 0 fully saturated rings. The molecule has 0 aromatic heterocycles. The highest BCUT2D eigenvalue weighted by Crippen LogP contribution is 1.99. The lowest BCUT2D eigenvalue weighted by molar-refractivity contribution is -0.138. The molecular weight excluding hydrogens is 338 g/mol. The summed E-state index contributed by atoms with van der Waals surface area (Å²) >= 11 is 0. The van der Waals surface area contributed by atoms with Crippen molar-refractivity contribution in [3.8, 4) is 0 Å². The topological polar surface area (TPSA) is 179 Å². The first kappa shape index (κ1) is 22.0. The minimum absolute atomic E-state index is 0.0916. The van der Waals surface area contributed by atoms with Gasteiger partial charge < -0.3 is 31.0 Å². The summed E-state index contributed by atoms with van der Waals surface area (Å²) in [5, 5.41) is 23.9. The van der Waals surface area contributed by atoms with E-state index in [1.165, 1.54) is 0 Å². The highest BCUT2D eigenvalue weighted by molar-refractivity contribution is 5.91. The molecule has 2 atom stereocenters. The summed E-state index contributed by atoms with van der Waals surface area (Å²) in [6.45, 7) is 0.643. The molecule has 0 aromatic rings. The molecule has 25 heavy (non-hydrogen) atoms. The van der Waals surface area contributed by atoms with Crippen molar-refractivity contribution in [3.63, 3.8) is 0 Å². The first-order valence-corrected chi connectivity index (χ1v) is 7.38. The summed E-state index contributed by atoms with van der Waals surface area (Å²) < 4.78 is 0. The zero-order valence-electron chi connectivity index (χ0n) is 13.6. The fourth-order valence-corrected chi connectivity index (χ4v) is 1.78. The van der Waals surface area contributed by atoms with Gasteiger partial charge in [-0.1, -0.05) is 0 Å². The Morgan fingerprint density at radius 3 is 2.00 bits per heavy atom. The molecule has 0 saturated heterocycles. The predicted octanol–water partition coefficient (Wildman–Crippen LogP) is -1.98. The van der Waals surface area contributed by atoms with Gasteiger partial charge >= 0.3 is 11.9 Å². The molecule has 11 heteroatoms. The van der Waals surface area contributed by atoms with E-state index in [1.54, 1.807) is 0 Å². The highest BCUT2D eigenvalue weighted by Gasteiger charge is 2.21. The second-order valence-electron chi connectivity index (χ2n) is 5.15. The fraction of sp³-hybridized carbons (Fsp3) is 0.571. The summed E-state index contributed by atoms with van der Waals surface area (Å²) in [5.74, 6) is -4.28. The maximum Gasteiger partial charge on any atom is 0.303 e. The van der Waals surface area contributed by atoms with Gasteiger partial charge in [0.2, 0.25) is 17.7 Å². The van der Waals surface area contributed by atoms with E-state index in [9.17, 15) is 28.8 Å². The molecule has 0 aromatic carbocycles. The molecule has 0 heterocycles. The van der Waals surface area contributed by atoms with E-state index in [2.05, 4.69) is 16.0 Å². The van der Waals surface area contributed by atoms with E-state index in [-0.39, 0.29) is 25.7 Å². The Morgan fingerprint density at radius 1 is 0.960 bits per heavy atom. The normalized spacial score (nSPS) is 12.4. The number of carboxylic acids is 2. The molecule has 0 spiro atoms. The number of hydrogen-bond acceptors (Lipinski definition) is 6. The van der Waals surface area contributed by atoms with Gasteiger partial charge in [0.15, 0.2) is 0 Å². The van der Waals surface area contributed by atoms with Gasteiger partial charge in [-0.05, 0) is 12.8 Å². The number of aldehydes is 1. The van der Waals surface area contributed by atoms with Crippen molar-refractivity contribution in [3.05, 3.63) is 0 Å². The molecular formula is C14H21N3O8. The van der Waals surface area contributed by atoms with Crippen LogP contribution in [0.4, 0.5) is 0 Å². The summed E-state index contributed by atoms with van der Waals surface area (Å²) in [6.07, 6.45) is -0.526. The Labute approximate surface area is 143 Å². The number of amides is 3. The Morgan fingerprint density at radius 2 is 1.52 bits per heavy atom. The van der Waals surface area contributed by atoms with E-state index in [0.717, 1.165) is 6.92 Å². The van der Waals surface area contributed by atoms with Crippen LogP contribution in [0.25, 0.3) is 0 Å². The predicted molar refractivity (Wildman–Crippen MR) is 82.3 cm³/mol.